The zero-order valence-corrected chi connectivity index (χ0v) is 13.4. The first-order valence-corrected chi connectivity index (χ1v) is 8.10. The van der Waals surface area contributed by atoms with Gasteiger partial charge in [0.25, 0.3) is 0 Å². The topological polar surface area (TPSA) is 70.5 Å². The Labute approximate surface area is 124 Å². The molecule has 0 radical (unpaired) electrons. The van der Waals surface area contributed by atoms with E-state index in [-0.39, 0.29) is 0 Å². The van der Waals surface area contributed by atoms with E-state index in [4.69, 9.17) is 11.6 Å². The molecule has 2 fully saturated rings. The first kappa shape index (κ1) is 16.2. The van der Waals surface area contributed by atoms with Crippen molar-refractivity contribution in [2.24, 2.45) is 28.8 Å². The monoisotopic (exact) mass is 283 g/mol. The molecule has 5 heteroatoms. The molecule has 0 aromatic rings. The van der Waals surface area contributed by atoms with Crippen molar-refractivity contribution >= 4 is 0 Å². The van der Waals surface area contributed by atoms with Crippen LogP contribution in [-0.4, -0.2) is 48.9 Å². The van der Waals surface area contributed by atoms with E-state index < -0.39 is 0 Å². The highest BCUT2D eigenvalue weighted by atomic mass is 15.8. The average molecular weight is 283 g/mol. The molecule has 0 spiro atoms. The summed E-state index contributed by atoms with van der Waals surface area (Å²) in [5.41, 5.74) is 6.22. The second-order valence-electron chi connectivity index (χ2n) is 7.70. The Balaban J connectivity index is 1.85. The summed E-state index contributed by atoms with van der Waals surface area (Å²) in [6.45, 7) is 11.7. The predicted octanol–water partition coefficient (Wildman–Crippen LogP) is 0.772. The fourth-order valence-corrected chi connectivity index (χ4v) is 4.26. The fourth-order valence-electron chi connectivity index (χ4n) is 4.26. The van der Waals surface area contributed by atoms with Crippen molar-refractivity contribution in [3.8, 4) is 0 Å². The Kier molecular flexibility index (Phi) is 5.42. The maximum Gasteiger partial charge on any atom is 0.0333 e. The molecule has 3 atom stereocenters. The number of hydrogen-bond acceptors (Lipinski definition) is 5. The van der Waals surface area contributed by atoms with Gasteiger partial charge in [-0.1, -0.05) is 20.8 Å². The predicted molar refractivity (Wildman–Crippen MR) is 83.6 cm³/mol. The van der Waals surface area contributed by atoms with Crippen LogP contribution in [0.25, 0.3) is 0 Å². The Morgan fingerprint density at radius 3 is 2.75 bits per heavy atom. The van der Waals surface area contributed by atoms with Gasteiger partial charge < -0.3 is 11.1 Å². The zero-order valence-electron chi connectivity index (χ0n) is 13.4. The minimum Gasteiger partial charge on any atom is -0.329 e. The van der Waals surface area contributed by atoms with Gasteiger partial charge in [0.05, 0.1) is 0 Å². The Bertz CT molecular complexity index is 307. The van der Waals surface area contributed by atoms with Crippen molar-refractivity contribution in [3.05, 3.63) is 0 Å². The molecule has 0 aromatic heterocycles. The summed E-state index contributed by atoms with van der Waals surface area (Å²) in [6.07, 6.45) is 3.94. The van der Waals surface area contributed by atoms with Crippen molar-refractivity contribution in [3.63, 3.8) is 0 Å². The van der Waals surface area contributed by atoms with E-state index in [1.54, 1.807) is 0 Å². The summed E-state index contributed by atoms with van der Waals surface area (Å²) in [6, 6.07) is 0.372. The van der Waals surface area contributed by atoms with E-state index in [2.05, 4.69) is 31.1 Å². The van der Waals surface area contributed by atoms with E-state index in [1.807, 2.05) is 5.12 Å². The van der Waals surface area contributed by atoms with E-state index in [9.17, 15) is 0 Å². The quantitative estimate of drug-likeness (QED) is 0.525. The molecule has 0 amide bonds. The first-order valence-electron chi connectivity index (χ1n) is 8.10. The number of rotatable bonds is 4. The summed E-state index contributed by atoms with van der Waals surface area (Å²) >= 11 is 0. The molecule has 5 nitrogen and oxygen atoms in total. The van der Waals surface area contributed by atoms with Gasteiger partial charge in [-0.05, 0) is 36.5 Å². The molecule has 2 rings (SSSR count). The van der Waals surface area contributed by atoms with Crippen molar-refractivity contribution in [2.75, 3.05) is 32.7 Å². The Morgan fingerprint density at radius 2 is 2.10 bits per heavy atom. The normalized spacial score (nSPS) is 35.4. The van der Waals surface area contributed by atoms with Crippen LogP contribution in [0.15, 0.2) is 0 Å². The molecule has 20 heavy (non-hydrogen) atoms. The van der Waals surface area contributed by atoms with Gasteiger partial charge >= 0.3 is 0 Å². The molecule has 0 aromatic carbocycles. The summed E-state index contributed by atoms with van der Waals surface area (Å²) in [5.74, 6) is 7.85. The molecule has 118 valence electrons. The number of nitrogens with two attached hydrogens (primary N) is 2. The Hall–Kier alpha value is -0.200. The molecule has 2 aliphatic rings. The van der Waals surface area contributed by atoms with Gasteiger partial charge in [-0.25, -0.2) is 5.01 Å². The number of nitrogens with one attached hydrogen (secondary N) is 1. The van der Waals surface area contributed by atoms with Gasteiger partial charge in [0, 0.05) is 38.8 Å². The molecule has 1 aliphatic heterocycles. The maximum atomic E-state index is 6.32. The van der Waals surface area contributed by atoms with Gasteiger partial charge in [0.15, 0.2) is 0 Å². The molecule has 1 heterocycles. The first-order chi connectivity index (χ1) is 9.39. The molecule has 0 bridgehead atoms. The molecular formula is C15H33N5. The third-order valence-electron chi connectivity index (χ3n) is 4.81. The van der Waals surface area contributed by atoms with Crippen molar-refractivity contribution in [1.29, 1.82) is 0 Å². The van der Waals surface area contributed by atoms with Crippen molar-refractivity contribution in [2.45, 2.75) is 46.1 Å². The lowest BCUT2D eigenvalue weighted by Crippen LogP contribution is -2.61. The van der Waals surface area contributed by atoms with Gasteiger partial charge in [-0.15, -0.1) is 0 Å². The van der Waals surface area contributed by atoms with Crippen LogP contribution in [0.3, 0.4) is 0 Å². The minimum absolute atomic E-state index is 0.372. The van der Waals surface area contributed by atoms with Gasteiger partial charge in [0.1, 0.15) is 0 Å². The fraction of sp³-hybridized carbons (Fsp3) is 1.00. The van der Waals surface area contributed by atoms with Crippen LogP contribution in [0.1, 0.15) is 40.0 Å². The Morgan fingerprint density at radius 1 is 1.35 bits per heavy atom. The summed E-state index contributed by atoms with van der Waals surface area (Å²) < 4.78 is 0. The van der Waals surface area contributed by atoms with Crippen LogP contribution < -0.4 is 16.9 Å². The molecule has 3 unspecified atom stereocenters. The van der Waals surface area contributed by atoms with Crippen LogP contribution in [0.5, 0.6) is 0 Å². The smallest absolute Gasteiger partial charge is 0.0333 e. The second kappa shape index (κ2) is 6.71. The van der Waals surface area contributed by atoms with Crippen LogP contribution in [-0.2, 0) is 0 Å². The van der Waals surface area contributed by atoms with Gasteiger partial charge in [-0.2, -0.15) is 5.12 Å². The SMILES string of the molecule is CC1CC(CN(N)N2CCNC(CN)C2)CC(C)(C)C1. The number of nitrogens with zero attached hydrogens (tertiary/aromatic N) is 2. The largest absolute Gasteiger partial charge is 0.329 e. The lowest BCUT2D eigenvalue weighted by atomic mass is 9.68. The lowest BCUT2D eigenvalue weighted by Gasteiger charge is -2.43. The summed E-state index contributed by atoms with van der Waals surface area (Å²) in [5, 5.41) is 7.65. The van der Waals surface area contributed by atoms with E-state index in [0.717, 1.165) is 32.1 Å². The van der Waals surface area contributed by atoms with E-state index in [0.29, 0.717) is 23.9 Å². The van der Waals surface area contributed by atoms with Crippen LogP contribution in [0, 0.1) is 17.3 Å². The standard InChI is InChI=1S/C15H33N5/c1-12-6-13(8-15(2,3)7-12)10-20(17)19-5-4-18-14(9-16)11-19/h12-14,18H,4-11,16-17H2,1-3H3. The molecule has 1 saturated carbocycles. The average Bonchev–Trinajstić information content (AvgIpc) is 2.36. The number of hydrazine groups is 2. The van der Waals surface area contributed by atoms with Crippen molar-refractivity contribution in [1.82, 2.24) is 15.4 Å². The highest BCUT2D eigenvalue weighted by Crippen LogP contribution is 2.41. The molecule has 1 saturated heterocycles. The highest BCUT2D eigenvalue weighted by molar-refractivity contribution is 4.84. The second-order valence-corrected chi connectivity index (χ2v) is 7.70. The third-order valence-corrected chi connectivity index (χ3v) is 4.81. The van der Waals surface area contributed by atoms with Gasteiger partial charge in [0.2, 0.25) is 0 Å². The van der Waals surface area contributed by atoms with E-state index in [1.165, 1.54) is 19.3 Å². The number of piperazine rings is 1. The summed E-state index contributed by atoms with van der Waals surface area (Å²) in [7, 11) is 0. The highest BCUT2D eigenvalue weighted by Gasteiger charge is 2.33. The van der Waals surface area contributed by atoms with Crippen molar-refractivity contribution < 1.29 is 0 Å². The van der Waals surface area contributed by atoms with E-state index >= 15 is 0 Å². The maximum absolute atomic E-state index is 6.32. The molecular weight excluding hydrogens is 250 g/mol. The third kappa shape index (κ3) is 4.40. The molecule has 5 N–H and O–H groups in total. The zero-order chi connectivity index (χ0) is 14.8. The van der Waals surface area contributed by atoms with Crippen LogP contribution >= 0.6 is 0 Å². The summed E-state index contributed by atoms with van der Waals surface area (Å²) in [4.78, 5) is 0. The number of hydrogen-bond donors (Lipinski definition) is 3. The van der Waals surface area contributed by atoms with Crippen LogP contribution in [0.4, 0.5) is 0 Å². The molecule has 1 aliphatic carbocycles. The van der Waals surface area contributed by atoms with Gasteiger partial charge in [-0.3, -0.25) is 5.84 Å². The van der Waals surface area contributed by atoms with Crippen LogP contribution in [0.2, 0.25) is 0 Å². The lowest BCUT2D eigenvalue weighted by molar-refractivity contribution is -0.0666. The minimum atomic E-state index is 0.372.